The maximum absolute atomic E-state index is 11.7. The minimum Gasteiger partial charge on any atom is -0.382 e. The Morgan fingerprint density at radius 3 is 1.89 bits per heavy atom. The molecular weight excluding hydrogens is 388 g/mol. The zero-order valence-electron chi connectivity index (χ0n) is 17.8. The molecule has 0 bridgehead atoms. The average molecular weight is 427 g/mol. The second-order valence-electron chi connectivity index (χ2n) is 5.51. The lowest BCUT2D eigenvalue weighted by molar-refractivity contribution is -0.0127. The Morgan fingerprint density at radius 2 is 1.36 bits per heavy atom. The molecule has 0 rings (SSSR count). The van der Waals surface area contributed by atoms with Crippen molar-refractivity contribution >= 4 is 14.8 Å². The maximum Gasteiger partial charge on any atom is 0.500 e. The van der Waals surface area contributed by atoms with Crippen LogP contribution >= 0.6 is 0 Å². The van der Waals surface area contributed by atoms with Crippen molar-refractivity contribution in [3.63, 3.8) is 0 Å². The zero-order chi connectivity index (χ0) is 20.9. The summed E-state index contributed by atoms with van der Waals surface area (Å²) >= 11 is 0. The van der Waals surface area contributed by atoms with Gasteiger partial charge in [-0.05, 0) is 27.2 Å². The van der Waals surface area contributed by atoms with E-state index in [1.54, 1.807) is 7.11 Å². The fourth-order valence-electron chi connectivity index (χ4n) is 2.23. The first kappa shape index (κ1) is 27.2. The molecule has 2 N–H and O–H groups in total. The molecule has 0 unspecified atom stereocenters. The van der Waals surface area contributed by atoms with Crippen molar-refractivity contribution in [2.75, 3.05) is 73.1 Å². The van der Waals surface area contributed by atoms with E-state index in [4.69, 9.17) is 32.3 Å². The highest BCUT2D eigenvalue weighted by molar-refractivity contribution is 6.60. The number of ether oxygens (including phenoxy) is 3. The summed E-state index contributed by atoms with van der Waals surface area (Å²) in [5.74, 6) is 0. The minimum atomic E-state index is -2.66. The normalized spacial score (nSPS) is 11.6. The number of urea groups is 1. The van der Waals surface area contributed by atoms with E-state index >= 15 is 0 Å². The van der Waals surface area contributed by atoms with Gasteiger partial charge in [0.2, 0.25) is 0 Å². The first-order chi connectivity index (χ1) is 13.6. The van der Waals surface area contributed by atoms with Crippen LogP contribution in [0.4, 0.5) is 4.79 Å². The number of carbonyl (C=O) groups is 1. The molecule has 0 aromatic rings. The fourth-order valence-corrected chi connectivity index (χ4v) is 4.84. The maximum atomic E-state index is 11.7. The van der Waals surface area contributed by atoms with Crippen LogP contribution in [0.5, 0.6) is 0 Å². The summed E-state index contributed by atoms with van der Waals surface area (Å²) in [7, 11) is -1.04. The van der Waals surface area contributed by atoms with E-state index in [9.17, 15) is 4.79 Å². The van der Waals surface area contributed by atoms with E-state index in [2.05, 4.69) is 10.8 Å². The Kier molecular flexibility index (Phi) is 19.0. The molecular formula is C17H38N2O8Si. The Balaban J connectivity index is 3.70. The smallest absolute Gasteiger partial charge is 0.382 e. The molecule has 168 valence electrons. The van der Waals surface area contributed by atoms with Gasteiger partial charge in [-0.15, -0.1) is 0 Å². The van der Waals surface area contributed by atoms with Crippen LogP contribution in [0.2, 0.25) is 6.04 Å². The van der Waals surface area contributed by atoms with E-state index in [0.29, 0.717) is 71.9 Å². The van der Waals surface area contributed by atoms with Crippen LogP contribution in [0.15, 0.2) is 0 Å². The summed E-state index contributed by atoms with van der Waals surface area (Å²) in [4.78, 5) is 16.7. The van der Waals surface area contributed by atoms with E-state index in [1.165, 1.54) is 0 Å². The van der Waals surface area contributed by atoms with E-state index in [0.717, 1.165) is 0 Å². The standard InChI is InChI=1S/C17H38N2O8Si/c1-5-25-28(26-6-2,27-7-3)16-8-9-18-17(20)19-24-15-14-23-13-12-22-11-10-21-4/h5-16H2,1-4H3,(H2,18,19,20). The molecule has 28 heavy (non-hydrogen) atoms. The third-order valence-corrected chi connectivity index (χ3v) is 6.49. The van der Waals surface area contributed by atoms with Crippen molar-refractivity contribution < 1.29 is 37.1 Å². The number of nitrogens with one attached hydrogen (secondary N) is 2. The minimum absolute atomic E-state index is 0.251. The Labute approximate surface area is 169 Å². The third kappa shape index (κ3) is 15.2. The summed E-state index contributed by atoms with van der Waals surface area (Å²) in [5.41, 5.74) is 2.31. The first-order valence-electron chi connectivity index (χ1n) is 9.86. The highest BCUT2D eigenvalue weighted by atomic mass is 28.4. The Morgan fingerprint density at radius 1 is 0.821 bits per heavy atom. The summed E-state index contributed by atoms with van der Waals surface area (Å²) in [6, 6.07) is 0.239. The van der Waals surface area contributed by atoms with Crippen molar-refractivity contribution in [2.45, 2.75) is 33.2 Å². The van der Waals surface area contributed by atoms with E-state index in [-0.39, 0.29) is 6.61 Å². The molecule has 2 amide bonds. The molecule has 0 saturated carbocycles. The Bertz CT molecular complexity index is 349. The highest BCUT2D eigenvalue weighted by Crippen LogP contribution is 2.17. The second-order valence-corrected chi connectivity index (χ2v) is 8.24. The van der Waals surface area contributed by atoms with Crippen LogP contribution in [0, 0.1) is 0 Å². The van der Waals surface area contributed by atoms with Crippen LogP contribution in [-0.4, -0.2) is 88.0 Å². The molecule has 0 saturated heterocycles. The summed E-state index contributed by atoms with van der Waals surface area (Å²) < 4.78 is 32.7. The van der Waals surface area contributed by atoms with Gasteiger partial charge >= 0.3 is 14.8 Å². The van der Waals surface area contributed by atoms with Crippen molar-refractivity contribution in [3.8, 4) is 0 Å². The van der Waals surface area contributed by atoms with Gasteiger partial charge in [0.1, 0.15) is 0 Å². The van der Waals surface area contributed by atoms with Crippen molar-refractivity contribution in [1.29, 1.82) is 0 Å². The van der Waals surface area contributed by atoms with E-state index < -0.39 is 14.8 Å². The molecule has 0 fully saturated rings. The molecule has 0 aromatic carbocycles. The van der Waals surface area contributed by atoms with Gasteiger partial charge in [0.05, 0.1) is 39.6 Å². The quantitative estimate of drug-likeness (QED) is 0.171. The summed E-state index contributed by atoms with van der Waals surface area (Å²) in [6.07, 6.45) is 0.686. The van der Waals surface area contributed by atoms with Crippen molar-refractivity contribution in [1.82, 2.24) is 10.8 Å². The Hall–Kier alpha value is -0.793. The lowest BCUT2D eigenvalue weighted by Crippen LogP contribution is -2.46. The molecule has 0 heterocycles. The third-order valence-electron chi connectivity index (χ3n) is 3.34. The molecule has 0 aliphatic rings. The lowest BCUT2D eigenvalue weighted by Gasteiger charge is -2.28. The number of hydroxylamine groups is 1. The first-order valence-corrected chi connectivity index (χ1v) is 11.8. The predicted molar refractivity (Wildman–Crippen MR) is 106 cm³/mol. The van der Waals surface area contributed by atoms with Crippen molar-refractivity contribution in [3.05, 3.63) is 0 Å². The number of carbonyl (C=O) groups excluding carboxylic acids is 1. The van der Waals surface area contributed by atoms with Crippen LogP contribution in [-0.2, 0) is 32.3 Å². The molecule has 0 spiro atoms. The van der Waals surface area contributed by atoms with Gasteiger partial charge in [0, 0.05) is 39.5 Å². The number of hydrogen-bond acceptors (Lipinski definition) is 8. The number of rotatable bonds is 20. The zero-order valence-corrected chi connectivity index (χ0v) is 18.8. The largest absolute Gasteiger partial charge is 0.500 e. The average Bonchev–Trinajstić information content (AvgIpc) is 2.67. The van der Waals surface area contributed by atoms with Crippen LogP contribution in [0.3, 0.4) is 0 Å². The van der Waals surface area contributed by atoms with Gasteiger partial charge in [-0.2, -0.15) is 0 Å². The summed E-state index contributed by atoms with van der Waals surface area (Å²) in [6.45, 7) is 10.5. The SMILES string of the molecule is CCO[Si](CCCNC(=O)NOCCOCCOCCOC)(OCC)OCC. The van der Waals surface area contributed by atoms with Crippen LogP contribution in [0.1, 0.15) is 27.2 Å². The van der Waals surface area contributed by atoms with Gasteiger partial charge in [0.25, 0.3) is 0 Å². The molecule has 0 aliphatic heterocycles. The molecule has 0 aliphatic carbocycles. The molecule has 11 heteroatoms. The predicted octanol–water partition coefficient (Wildman–Crippen LogP) is 1.34. The van der Waals surface area contributed by atoms with Gasteiger partial charge in [-0.25, -0.2) is 10.3 Å². The van der Waals surface area contributed by atoms with Gasteiger partial charge < -0.3 is 32.8 Å². The van der Waals surface area contributed by atoms with Gasteiger partial charge in [-0.3, -0.25) is 4.84 Å². The number of methoxy groups -OCH3 is 1. The van der Waals surface area contributed by atoms with Crippen LogP contribution < -0.4 is 10.8 Å². The monoisotopic (exact) mass is 426 g/mol. The van der Waals surface area contributed by atoms with Gasteiger partial charge in [0.15, 0.2) is 0 Å². The molecule has 0 radical (unpaired) electrons. The number of hydrogen-bond donors (Lipinski definition) is 2. The molecule has 10 nitrogen and oxygen atoms in total. The topological polar surface area (TPSA) is 106 Å². The summed E-state index contributed by atoms with van der Waals surface area (Å²) in [5, 5.41) is 2.72. The molecule has 0 atom stereocenters. The highest BCUT2D eigenvalue weighted by Gasteiger charge is 2.39. The van der Waals surface area contributed by atoms with Crippen molar-refractivity contribution in [2.24, 2.45) is 0 Å². The van der Waals surface area contributed by atoms with Gasteiger partial charge in [-0.1, -0.05) is 0 Å². The lowest BCUT2D eigenvalue weighted by atomic mass is 10.5. The fraction of sp³-hybridized carbons (Fsp3) is 0.941. The second kappa shape index (κ2) is 19.5. The molecule has 0 aromatic heterocycles. The number of amides is 2. The van der Waals surface area contributed by atoms with Crippen LogP contribution in [0.25, 0.3) is 0 Å². The van der Waals surface area contributed by atoms with E-state index in [1.807, 2.05) is 20.8 Å².